The molecular weight excluding hydrogens is 576 g/mol. The number of primary sulfonamides is 1. The Labute approximate surface area is 237 Å². The van der Waals surface area contributed by atoms with Gasteiger partial charge in [-0.3, -0.25) is 0 Å². The molecule has 0 bridgehead atoms. The molecule has 1 unspecified atom stereocenters. The highest BCUT2D eigenvalue weighted by Gasteiger charge is 2.26. The van der Waals surface area contributed by atoms with E-state index in [4.69, 9.17) is 36.2 Å². The van der Waals surface area contributed by atoms with Crippen LogP contribution >= 0.6 is 36.0 Å². The summed E-state index contributed by atoms with van der Waals surface area (Å²) in [4.78, 5) is -0.0171. The number of methoxy groups -OCH3 is 1. The van der Waals surface area contributed by atoms with Gasteiger partial charge < -0.3 is 36.4 Å². The van der Waals surface area contributed by atoms with Gasteiger partial charge in [0.1, 0.15) is 11.4 Å². The maximum absolute atomic E-state index is 12.2. The zero-order chi connectivity index (χ0) is 27.6. The van der Waals surface area contributed by atoms with E-state index in [1.54, 1.807) is 42.5 Å². The molecule has 38 heavy (non-hydrogen) atoms. The second-order valence-electron chi connectivity index (χ2n) is 6.86. The largest absolute Gasteiger partial charge is 0.495 e. The summed E-state index contributed by atoms with van der Waals surface area (Å²) in [6, 6.07) is 11.6. The third kappa shape index (κ3) is 10.6. The van der Waals surface area contributed by atoms with Gasteiger partial charge in [-0.15, -0.1) is 6.58 Å². The first-order chi connectivity index (χ1) is 16.7. The lowest BCUT2D eigenvalue weighted by molar-refractivity contribution is 0.380. The number of aliphatic hydroxyl groups is 2. The zero-order valence-electron chi connectivity index (χ0n) is 19.7. The summed E-state index contributed by atoms with van der Waals surface area (Å²) in [5.41, 5.74) is 10.8. The van der Waals surface area contributed by atoms with Gasteiger partial charge in [0.25, 0.3) is 10.3 Å². The van der Waals surface area contributed by atoms with E-state index in [2.05, 4.69) is 47.6 Å². The van der Waals surface area contributed by atoms with Crippen LogP contribution in [0.3, 0.4) is 0 Å². The maximum Gasteiger partial charge on any atom is 0.251 e. The molecule has 0 saturated carbocycles. The second kappa shape index (κ2) is 16.5. The summed E-state index contributed by atoms with van der Waals surface area (Å²) in [7, 11) is -2.45. The highest BCUT2D eigenvalue weighted by molar-refractivity contribution is 7.89. The summed E-state index contributed by atoms with van der Waals surface area (Å²) in [5, 5.41) is 24.2. The molecule has 1 aromatic heterocycles. The number of aromatic nitrogens is 1. The average molecular weight is 607 g/mol. The van der Waals surface area contributed by atoms with Crippen LogP contribution < -0.4 is 21.3 Å². The minimum Gasteiger partial charge on any atom is -0.495 e. The molecule has 0 saturated heterocycles. The van der Waals surface area contributed by atoms with Gasteiger partial charge in [-0.25, -0.2) is 13.6 Å². The highest BCUT2D eigenvalue weighted by Crippen LogP contribution is 2.42. The van der Waals surface area contributed by atoms with E-state index in [1.165, 1.54) is 13.2 Å². The van der Waals surface area contributed by atoms with Gasteiger partial charge in [0.2, 0.25) is 10.0 Å². The number of nitrogens with zero attached hydrogens (tertiary/aromatic N) is 1. The lowest BCUT2D eigenvalue weighted by atomic mass is 9.94. The van der Waals surface area contributed by atoms with Crippen LogP contribution in [0, 0.1) is 0 Å². The Kier molecular flexibility index (Phi) is 16.1. The van der Waals surface area contributed by atoms with Gasteiger partial charge >= 0.3 is 0 Å². The van der Waals surface area contributed by atoms with Gasteiger partial charge in [0.05, 0.1) is 22.6 Å². The van der Waals surface area contributed by atoms with Gasteiger partial charge in [0.15, 0.2) is 5.76 Å². The number of hydrogen-bond acceptors (Lipinski definition) is 7. The first-order valence-corrected chi connectivity index (χ1v) is 12.5. The number of nitrogens with two attached hydrogens (primary N) is 3. The quantitative estimate of drug-likeness (QED) is 0.199. The average Bonchev–Trinajstić information content (AvgIpc) is 3.22. The molecule has 11 nitrogen and oxygen atoms in total. The fourth-order valence-electron chi connectivity index (χ4n) is 2.91. The highest BCUT2D eigenvalue weighted by atomic mass is 35.5. The Balaban J connectivity index is 0. The zero-order valence-corrected chi connectivity index (χ0v) is 22.9. The van der Waals surface area contributed by atoms with Crippen LogP contribution in [0.15, 0.2) is 64.5 Å². The topological polar surface area (TPSA) is 219 Å². The summed E-state index contributed by atoms with van der Waals surface area (Å²) < 4.78 is 35.1. The molecular formula is C23H31ClN4O7S3. The lowest BCUT2D eigenvalue weighted by Crippen LogP contribution is -2.13. The first kappa shape index (κ1) is 36.9. The van der Waals surface area contributed by atoms with E-state index in [-0.39, 0.29) is 23.7 Å². The van der Waals surface area contributed by atoms with Crippen molar-refractivity contribution >= 4 is 56.4 Å². The number of sulfonamides is 1. The summed E-state index contributed by atoms with van der Waals surface area (Å²) in [6.45, 7) is 5.67. The molecule has 0 aliphatic rings. The van der Waals surface area contributed by atoms with Crippen molar-refractivity contribution in [3.8, 4) is 28.1 Å². The SMILES string of the molecule is C.C=CC(C)c1onc(-c2ccc(OC)c(Cl)c2)c1-c1ccccc1S(N)(=O)=O.NC(O)=S.NC(O)=S.O. The maximum atomic E-state index is 12.2. The van der Waals surface area contributed by atoms with E-state index in [0.29, 0.717) is 38.9 Å². The number of hydrogen-bond donors (Lipinski definition) is 5. The third-order valence-electron chi connectivity index (χ3n) is 4.37. The summed E-state index contributed by atoms with van der Waals surface area (Å²) in [6.07, 6.45) is 1.69. The van der Waals surface area contributed by atoms with Crippen molar-refractivity contribution < 1.29 is 33.4 Å². The fraction of sp³-hybridized carbons (Fsp3) is 0.174. The molecule has 2 aromatic carbocycles. The number of ether oxygens (including phenoxy) is 1. The molecule has 10 N–H and O–H groups in total. The molecule has 15 heteroatoms. The second-order valence-corrected chi connectivity index (χ2v) is 9.64. The molecule has 210 valence electrons. The van der Waals surface area contributed by atoms with E-state index in [9.17, 15) is 8.42 Å². The van der Waals surface area contributed by atoms with Gasteiger partial charge in [-0.1, -0.05) is 55.4 Å². The van der Waals surface area contributed by atoms with Gasteiger partial charge in [0, 0.05) is 17.0 Å². The molecule has 0 fully saturated rings. The number of rotatable bonds is 6. The van der Waals surface area contributed by atoms with Crippen molar-refractivity contribution in [2.24, 2.45) is 16.6 Å². The van der Waals surface area contributed by atoms with Gasteiger partial charge in [-0.2, -0.15) is 0 Å². The number of allylic oxidation sites excluding steroid dienone is 1. The molecule has 3 aromatic rings. The van der Waals surface area contributed by atoms with Crippen LogP contribution in [0.4, 0.5) is 0 Å². The number of aliphatic hydroxyl groups excluding tert-OH is 2. The Morgan fingerprint density at radius 1 is 1.18 bits per heavy atom. The van der Waals surface area contributed by atoms with E-state index in [1.807, 2.05) is 6.92 Å². The standard InChI is InChI=1S/C20H19ClN2O4S.2CH3NOS.CH4.H2O/c1-4-12(2)20-18(14-7-5-6-8-17(14)28(22,24)25)19(23-27-20)13-9-10-16(26-3)15(21)11-13;2*2-1(3)4;;/h4-12H,1H2,2-3H3,(H2,22,24,25);2*(H3,2,3,4);1H4;1H2. The summed E-state index contributed by atoms with van der Waals surface area (Å²) in [5.74, 6) is 0.784. The predicted octanol–water partition coefficient (Wildman–Crippen LogP) is 3.99. The monoisotopic (exact) mass is 606 g/mol. The molecule has 3 rings (SSSR count). The Morgan fingerprint density at radius 2 is 1.71 bits per heavy atom. The molecule has 0 amide bonds. The number of halogens is 1. The van der Waals surface area contributed by atoms with Gasteiger partial charge in [-0.05, 0) is 48.7 Å². The summed E-state index contributed by atoms with van der Waals surface area (Å²) >= 11 is 14.0. The van der Waals surface area contributed by atoms with Crippen LogP contribution in [0.25, 0.3) is 22.4 Å². The van der Waals surface area contributed by atoms with Crippen molar-refractivity contribution in [2.75, 3.05) is 7.11 Å². The minimum absolute atomic E-state index is 0. The molecule has 0 spiro atoms. The molecule has 1 atom stereocenters. The molecule has 0 aliphatic heterocycles. The normalized spacial score (nSPS) is 10.5. The van der Waals surface area contributed by atoms with E-state index >= 15 is 0 Å². The van der Waals surface area contributed by atoms with Crippen LogP contribution in [-0.2, 0) is 10.0 Å². The van der Waals surface area contributed by atoms with Crippen molar-refractivity contribution in [3.05, 3.63) is 65.9 Å². The fourth-order valence-corrected chi connectivity index (χ4v) is 3.92. The number of thiocarbonyl (C=S) groups is 2. The molecule has 0 aliphatic carbocycles. The van der Waals surface area contributed by atoms with Crippen LogP contribution in [0.5, 0.6) is 5.75 Å². The van der Waals surface area contributed by atoms with Crippen molar-refractivity contribution in [2.45, 2.75) is 25.2 Å². The van der Waals surface area contributed by atoms with Crippen molar-refractivity contribution in [1.29, 1.82) is 0 Å². The Hall–Kier alpha value is -3.27. The van der Waals surface area contributed by atoms with E-state index < -0.39 is 20.4 Å². The Bertz CT molecular complexity index is 1330. The molecule has 1 heterocycles. The first-order valence-electron chi connectivity index (χ1n) is 9.79. The van der Waals surface area contributed by atoms with Crippen molar-refractivity contribution in [1.82, 2.24) is 5.16 Å². The van der Waals surface area contributed by atoms with Crippen LogP contribution in [0.2, 0.25) is 5.02 Å². The smallest absolute Gasteiger partial charge is 0.251 e. The predicted molar refractivity (Wildman–Crippen MR) is 158 cm³/mol. The molecule has 0 radical (unpaired) electrons. The van der Waals surface area contributed by atoms with E-state index in [0.717, 1.165) is 0 Å². The van der Waals surface area contributed by atoms with Crippen LogP contribution in [-0.4, -0.2) is 46.7 Å². The third-order valence-corrected chi connectivity index (χ3v) is 5.64. The Morgan fingerprint density at radius 3 is 2.16 bits per heavy atom. The lowest BCUT2D eigenvalue weighted by Gasteiger charge is -2.12. The van der Waals surface area contributed by atoms with Crippen molar-refractivity contribution in [3.63, 3.8) is 0 Å². The van der Waals surface area contributed by atoms with Crippen LogP contribution in [0.1, 0.15) is 26.0 Å². The number of benzene rings is 2. The minimum atomic E-state index is -3.97.